The number of rotatable bonds is 7. The maximum absolute atomic E-state index is 12.6. The van der Waals surface area contributed by atoms with Gasteiger partial charge in [0.05, 0.1) is 18.9 Å². The lowest BCUT2D eigenvalue weighted by Gasteiger charge is -2.10. The molecule has 2 amide bonds. The number of aromatic nitrogens is 5. The highest BCUT2D eigenvalue weighted by atomic mass is 32.2. The first-order chi connectivity index (χ1) is 12.7. The molecule has 0 saturated carbocycles. The maximum Gasteiger partial charge on any atom is 0.335 e. The minimum atomic E-state index is -4.37. The summed E-state index contributed by atoms with van der Waals surface area (Å²) in [7, 11) is -1.68. The van der Waals surface area contributed by atoms with E-state index in [1.807, 2.05) is 4.72 Å². The van der Waals surface area contributed by atoms with Crippen molar-refractivity contribution in [3.05, 3.63) is 17.6 Å². The predicted octanol–water partition coefficient (Wildman–Crippen LogP) is 0.415. The number of methoxy groups -OCH3 is 1. The molecule has 2 aromatic heterocycles. The van der Waals surface area contributed by atoms with Crippen LogP contribution in [0, 0.1) is 6.92 Å². The lowest BCUT2D eigenvalue weighted by atomic mass is 10.1. The monoisotopic (exact) mass is 397 g/mol. The molecule has 0 unspecified atom stereocenters. The summed E-state index contributed by atoms with van der Waals surface area (Å²) < 4.78 is 32.8. The fourth-order valence-corrected chi connectivity index (χ4v) is 3.44. The van der Waals surface area contributed by atoms with Gasteiger partial charge in [-0.3, -0.25) is 14.8 Å². The Kier molecular flexibility index (Phi) is 6.05. The number of amides is 2. The van der Waals surface area contributed by atoms with Gasteiger partial charge in [0, 0.05) is 13.5 Å². The molecule has 0 aliphatic heterocycles. The van der Waals surface area contributed by atoms with E-state index in [0.717, 1.165) is 10.9 Å². The van der Waals surface area contributed by atoms with Crippen LogP contribution in [0.2, 0.25) is 0 Å². The van der Waals surface area contributed by atoms with Crippen molar-refractivity contribution < 1.29 is 22.7 Å². The minimum Gasteiger partial charge on any atom is -0.467 e. The van der Waals surface area contributed by atoms with E-state index in [0.29, 0.717) is 6.42 Å². The normalized spacial score (nSPS) is 11.1. The van der Waals surface area contributed by atoms with E-state index in [4.69, 9.17) is 4.74 Å². The van der Waals surface area contributed by atoms with Crippen molar-refractivity contribution in [2.24, 2.45) is 7.05 Å². The molecule has 0 atom stereocenters. The van der Waals surface area contributed by atoms with Gasteiger partial charge in [0.25, 0.3) is 10.0 Å². The summed E-state index contributed by atoms with van der Waals surface area (Å²) in [5.41, 5.74) is -0.0858. The highest BCUT2D eigenvalue weighted by molar-refractivity contribution is 7.90. The Balaban J connectivity index is 2.24. The van der Waals surface area contributed by atoms with Gasteiger partial charge in [0.15, 0.2) is 10.8 Å². The second-order valence-electron chi connectivity index (χ2n) is 5.41. The van der Waals surface area contributed by atoms with Crippen molar-refractivity contribution in [3.63, 3.8) is 0 Å². The van der Waals surface area contributed by atoms with Crippen LogP contribution in [0.5, 0.6) is 6.01 Å². The average Bonchev–Trinajstić information content (AvgIpc) is 2.96. The van der Waals surface area contributed by atoms with Crippen molar-refractivity contribution in [1.29, 1.82) is 0 Å². The number of aryl methyl sites for hydroxylation is 2. The summed E-state index contributed by atoms with van der Waals surface area (Å²) in [5, 5.41) is 5.59. The van der Waals surface area contributed by atoms with Crippen LogP contribution in [0.15, 0.2) is 11.2 Å². The molecule has 0 aliphatic carbocycles. The van der Waals surface area contributed by atoms with Crippen LogP contribution < -0.4 is 14.8 Å². The highest BCUT2D eigenvalue weighted by Crippen LogP contribution is 2.17. The zero-order valence-corrected chi connectivity index (χ0v) is 16.0. The summed E-state index contributed by atoms with van der Waals surface area (Å²) in [5.74, 6) is -0.317. The molecule has 2 N–H and O–H groups in total. The fraction of sp³-hybridized carbons (Fsp3) is 0.429. The third-order valence-corrected chi connectivity index (χ3v) is 4.73. The van der Waals surface area contributed by atoms with Crippen molar-refractivity contribution in [3.8, 4) is 6.01 Å². The van der Waals surface area contributed by atoms with Gasteiger partial charge < -0.3 is 4.74 Å². The Bertz CT molecular complexity index is 970. The Morgan fingerprint density at radius 3 is 2.59 bits per heavy atom. The number of hydrogen-bond acceptors (Lipinski definition) is 9. The van der Waals surface area contributed by atoms with E-state index in [2.05, 4.69) is 25.4 Å². The van der Waals surface area contributed by atoms with E-state index in [1.165, 1.54) is 14.2 Å². The maximum atomic E-state index is 12.6. The summed E-state index contributed by atoms with van der Waals surface area (Å²) in [6, 6.07) is -1.16. The number of ether oxygens (including phenoxy) is 1. The summed E-state index contributed by atoms with van der Waals surface area (Å²) in [4.78, 5) is 35.7. The van der Waals surface area contributed by atoms with Crippen molar-refractivity contribution in [2.45, 2.75) is 31.7 Å². The lowest BCUT2D eigenvalue weighted by Crippen LogP contribution is -2.36. The number of sulfonamides is 1. The third-order valence-electron chi connectivity index (χ3n) is 3.28. The number of urea groups is 1. The highest BCUT2D eigenvalue weighted by Gasteiger charge is 2.28. The van der Waals surface area contributed by atoms with Crippen LogP contribution in [-0.4, -0.2) is 52.1 Å². The van der Waals surface area contributed by atoms with Gasteiger partial charge in [-0.1, -0.05) is 6.92 Å². The van der Waals surface area contributed by atoms with Crippen molar-refractivity contribution in [1.82, 2.24) is 29.5 Å². The molecule has 0 saturated heterocycles. The topological polar surface area (TPSA) is 158 Å². The number of nitrogens with one attached hydrogen (secondary N) is 2. The average molecular weight is 397 g/mol. The third kappa shape index (κ3) is 4.75. The van der Waals surface area contributed by atoms with E-state index in [1.54, 1.807) is 13.8 Å². The Morgan fingerprint density at radius 2 is 1.96 bits per heavy atom. The molecule has 146 valence electrons. The summed E-state index contributed by atoms with van der Waals surface area (Å²) in [6.07, 6.45) is 1.86. The number of nitrogens with zero attached hydrogens (tertiary/aromatic N) is 5. The molecule has 0 radical (unpaired) electrons. The molecule has 12 nitrogen and oxygen atoms in total. The van der Waals surface area contributed by atoms with Crippen LogP contribution in [0.4, 0.5) is 10.7 Å². The van der Waals surface area contributed by atoms with E-state index in [-0.39, 0.29) is 35.6 Å². The van der Waals surface area contributed by atoms with Crippen LogP contribution >= 0.6 is 0 Å². The largest absolute Gasteiger partial charge is 0.467 e. The predicted molar refractivity (Wildman–Crippen MR) is 92.9 cm³/mol. The molecule has 0 spiro atoms. The zero-order valence-electron chi connectivity index (χ0n) is 15.2. The Labute approximate surface area is 155 Å². The van der Waals surface area contributed by atoms with Gasteiger partial charge in [-0.25, -0.2) is 9.52 Å². The quantitative estimate of drug-likeness (QED) is 0.631. The van der Waals surface area contributed by atoms with Gasteiger partial charge in [-0.15, -0.1) is 0 Å². The van der Waals surface area contributed by atoms with E-state index in [9.17, 15) is 18.0 Å². The molecule has 2 rings (SSSR count). The summed E-state index contributed by atoms with van der Waals surface area (Å²) >= 11 is 0. The number of carbonyl (C=O) groups is 2. The van der Waals surface area contributed by atoms with Crippen molar-refractivity contribution >= 4 is 27.8 Å². The van der Waals surface area contributed by atoms with Crippen LogP contribution in [0.3, 0.4) is 0 Å². The lowest BCUT2D eigenvalue weighted by molar-refractivity contribution is 0.0978. The van der Waals surface area contributed by atoms with Gasteiger partial charge in [0.2, 0.25) is 5.95 Å². The van der Waals surface area contributed by atoms with Gasteiger partial charge in [-0.05, 0) is 13.3 Å². The number of carbonyl (C=O) groups excluding carboxylic acids is 2. The van der Waals surface area contributed by atoms with Gasteiger partial charge >= 0.3 is 12.0 Å². The summed E-state index contributed by atoms with van der Waals surface area (Å²) in [6.45, 7) is 3.34. The Morgan fingerprint density at radius 1 is 1.26 bits per heavy atom. The number of ketones is 1. The molecule has 27 heavy (non-hydrogen) atoms. The molecule has 13 heteroatoms. The smallest absolute Gasteiger partial charge is 0.335 e. The standard InChI is InChI=1S/C14H19N7O5S/c1-5-6-10(22)9-7-15-21(3)11(9)27(24,25)20-13(23)18-12-16-8(2)17-14(19-12)26-4/h7H,5-6H2,1-4H3,(H2,16,17,18,19,20,23). The first kappa shape index (κ1) is 20.2. The first-order valence-electron chi connectivity index (χ1n) is 7.83. The van der Waals surface area contributed by atoms with Crippen LogP contribution in [0.25, 0.3) is 0 Å². The molecular formula is C14H19N7O5S. The second kappa shape index (κ2) is 8.07. The molecule has 0 fully saturated rings. The number of Topliss-reactive ketones (excluding diaryl/α,β-unsaturated/α-hetero) is 1. The SMILES string of the molecule is CCCC(=O)c1cnn(C)c1S(=O)(=O)NC(=O)Nc1nc(C)nc(OC)n1. The van der Waals surface area contributed by atoms with Crippen molar-refractivity contribution in [2.75, 3.05) is 12.4 Å². The number of anilines is 1. The first-order valence-corrected chi connectivity index (χ1v) is 9.32. The van der Waals surface area contributed by atoms with Crippen LogP contribution in [0.1, 0.15) is 35.9 Å². The minimum absolute atomic E-state index is 0.0419. The van der Waals surface area contributed by atoms with E-state index < -0.39 is 21.1 Å². The molecule has 0 aromatic carbocycles. The molecule has 0 bridgehead atoms. The Hall–Kier alpha value is -3.09. The van der Waals surface area contributed by atoms with E-state index >= 15 is 0 Å². The molecule has 0 aliphatic rings. The van der Waals surface area contributed by atoms with Gasteiger partial charge in [0.1, 0.15) is 5.82 Å². The fourth-order valence-electron chi connectivity index (χ4n) is 2.20. The van der Waals surface area contributed by atoms with Gasteiger partial charge in [-0.2, -0.15) is 28.5 Å². The zero-order chi connectivity index (χ0) is 20.2. The molecular weight excluding hydrogens is 378 g/mol. The number of hydrogen-bond donors (Lipinski definition) is 2. The second-order valence-corrected chi connectivity index (χ2v) is 7.01. The molecule has 2 heterocycles. The molecule has 2 aromatic rings. The van der Waals surface area contributed by atoms with Crippen LogP contribution in [-0.2, 0) is 17.1 Å².